The molecule has 1 aliphatic rings. The van der Waals surface area contributed by atoms with Crippen LogP contribution in [0.15, 0.2) is 24.3 Å². The molecular formula is C12H17FN2. The summed E-state index contributed by atoms with van der Waals surface area (Å²) >= 11 is 0. The molecule has 1 aliphatic carbocycles. The smallest absolute Gasteiger partial charge is 0.123 e. The van der Waals surface area contributed by atoms with Gasteiger partial charge in [0, 0.05) is 18.6 Å². The van der Waals surface area contributed by atoms with Crippen LogP contribution in [0.5, 0.6) is 0 Å². The van der Waals surface area contributed by atoms with Gasteiger partial charge in [-0.1, -0.05) is 12.1 Å². The van der Waals surface area contributed by atoms with Gasteiger partial charge in [0.15, 0.2) is 0 Å². The molecule has 0 spiro atoms. The summed E-state index contributed by atoms with van der Waals surface area (Å²) in [6, 6.07) is 7.72. The van der Waals surface area contributed by atoms with Gasteiger partial charge in [0.05, 0.1) is 0 Å². The Morgan fingerprint density at radius 3 is 2.80 bits per heavy atom. The summed E-state index contributed by atoms with van der Waals surface area (Å²) in [4.78, 5) is 2.25. The zero-order chi connectivity index (χ0) is 10.8. The molecule has 0 saturated heterocycles. The Labute approximate surface area is 89.9 Å². The Hall–Kier alpha value is -0.930. The largest absolute Gasteiger partial charge is 0.328 e. The summed E-state index contributed by atoms with van der Waals surface area (Å²) in [6.07, 6.45) is 2.12. The maximum Gasteiger partial charge on any atom is 0.123 e. The second-order valence-corrected chi connectivity index (χ2v) is 4.43. The van der Waals surface area contributed by atoms with Crippen molar-refractivity contribution in [2.75, 3.05) is 7.05 Å². The van der Waals surface area contributed by atoms with Gasteiger partial charge in [-0.2, -0.15) is 0 Å². The van der Waals surface area contributed by atoms with Crippen LogP contribution in [0.1, 0.15) is 18.4 Å². The van der Waals surface area contributed by atoms with E-state index >= 15 is 0 Å². The number of hydrogen-bond acceptors (Lipinski definition) is 2. The van der Waals surface area contributed by atoms with Gasteiger partial charge in [-0.15, -0.1) is 0 Å². The van der Waals surface area contributed by atoms with E-state index in [0.717, 1.165) is 24.9 Å². The van der Waals surface area contributed by atoms with E-state index in [9.17, 15) is 4.39 Å². The van der Waals surface area contributed by atoms with Gasteiger partial charge >= 0.3 is 0 Å². The van der Waals surface area contributed by atoms with Crippen LogP contribution in [0.2, 0.25) is 0 Å². The number of benzene rings is 1. The molecule has 2 N–H and O–H groups in total. The van der Waals surface area contributed by atoms with E-state index in [-0.39, 0.29) is 5.82 Å². The fourth-order valence-electron chi connectivity index (χ4n) is 2.04. The van der Waals surface area contributed by atoms with Crippen molar-refractivity contribution in [3.8, 4) is 0 Å². The summed E-state index contributed by atoms with van der Waals surface area (Å²) in [7, 11) is 2.07. The minimum Gasteiger partial charge on any atom is -0.328 e. The van der Waals surface area contributed by atoms with E-state index in [2.05, 4.69) is 11.9 Å². The first-order chi connectivity index (χ1) is 7.15. The SMILES string of the molecule is CN(Cc1cccc(F)c1)C1CC(N)C1. The fourth-order valence-corrected chi connectivity index (χ4v) is 2.04. The molecule has 2 nitrogen and oxygen atoms in total. The van der Waals surface area contributed by atoms with Gasteiger partial charge in [-0.25, -0.2) is 4.39 Å². The summed E-state index contributed by atoms with van der Waals surface area (Å²) in [5.41, 5.74) is 6.76. The molecular weight excluding hydrogens is 191 g/mol. The highest BCUT2D eigenvalue weighted by Crippen LogP contribution is 2.24. The van der Waals surface area contributed by atoms with E-state index in [0.29, 0.717) is 12.1 Å². The predicted molar refractivity (Wildman–Crippen MR) is 58.9 cm³/mol. The first kappa shape index (κ1) is 10.6. The molecule has 0 unspecified atom stereocenters. The Kier molecular flexibility index (Phi) is 3.03. The van der Waals surface area contributed by atoms with Gasteiger partial charge in [0.2, 0.25) is 0 Å². The molecule has 3 heteroatoms. The van der Waals surface area contributed by atoms with Crippen LogP contribution in [-0.2, 0) is 6.54 Å². The predicted octanol–water partition coefficient (Wildman–Crippen LogP) is 1.75. The first-order valence-corrected chi connectivity index (χ1v) is 5.35. The molecule has 1 fully saturated rings. The summed E-state index contributed by atoms with van der Waals surface area (Å²) in [5.74, 6) is -0.161. The lowest BCUT2D eigenvalue weighted by Gasteiger charge is -2.39. The van der Waals surface area contributed by atoms with E-state index in [1.807, 2.05) is 6.07 Å². The number of nitrogens with zero attached hydrogens (tertiary/aromatic N) is 1. The quantitative estimate of drug-likeness (QED) is 0.820. The third kappa shape index (κ3) is 2.55. The number of halogens is 1. The van der Waals surface area contributed by atoms with Gasteiger partial charge in [0.1, 0.15) is 5.82 Å². The number of hydrogen-bond donors (Lipinski definition) is 1. The van der Waals surface area contributed by atoms with Crippen LogP contribution in [0.3, 0.4) is 0 Å². The van der Waals surface area contributed by atoms with Gasteiger partial charge in [0.25, 0.3) is 0 Å². The Bertz CT molecular complexity index is 334. The molecule has 1 saturated carbocycles. The standard InChI is InChI=1S/C12H17FN2/c1-15(12-6-11(14)7-12)8-9-3-2-4-10(13)5-9/h2-5,11-12H,6-8,14H2,1H3. The van der Waals surface area contributed by atoms with Gasteiger partial charge in [-0.3, -0.25) is 4.90 Å². The van der Waals surface area contributed by atoms with Crippen LogP contribution >= 0.6 is 0 Å². The summed E-state index contributed by atoms with van der Waals surface area (Å²) < 4.78 is 12.9. The lowest BCUT2D eigenvalue weighted by molar-refractivity contribution is 0.132. The van der Waals surface area contributed by atoms with Crippen molar-refractivity contribution in [2.24, 2.45) is 5.73 Å². The van der Waals surface area contributed by atoms with Crippen molar-refractivity contribution in [3.63, 3.8) is 0 Å². The zero-order valence-electron chi connectivity index (χ0n) is 8.99. The molecule has 0 heterocycles. The summed E-state index contributed by atoms with van der Waals surface area (Å²) in [6.45, 7) is 0.801. The van der Waals surface area contributed by atoms with Crippen molar-refractivity contribution in [2.45, 2.75) is 31.5 Å². The minimum atomic E-state index is -0.161. The molecule has 0 aliphatic heterocycles. The maximum atomic E-state index is 12.9. The van der Waals surface area contributed by atoms with Crippen LogP contribution in [0.25, 0.3) is 0 Å². The monoisotopic (exact) mass is 208 g/mol. The van der Waals surface area contributed by atoms with E-state index in [1.54, 1.807) is 12.1 Å². The molecule has 0 aromatic heterocycles. The lowest BCUT2D eigenvalue weighted by Crippen LogP contribution is -2.48. The molecule has 15 heavy (non-hydrogen) atoms. The summed E-state index contributed by atoms with van der Waals surface area (Å²) in [5, 5.41) is 0. The molecule has 0 atom stereocenters. The van der Waals surface area contributed by atoms with Crippen LogP contribution in [-0.4, -0.2) is 24.0 Å². The Morgan fingerprint density at radius 1 is 1.47 bits per heavy atom. The minimum absolute atomic E-state index is 0.161. The molecule has 0 bridgehead atoms. The number of rotatable bonds is 3. The lowest BCUT2D eigenvalue weighted by atomic mass is 9.86. The van der Waals surface area contributed by atoms with E-state index in [4.69, 9.17) is 5.73 Å². The van der Waals surface area contributed by atoms with Crippen molar-refractivity contribution < 1.29 is 4.39 Å². The van der Waals surface area contributed by atoms with Crippen molar-refractivity contribution in [1.82, 2.24) is 4.90 Å². The highest BCUT2D eigenvalue weighted by molar-refractivity contribution is 5.16. The second-order valence-electron chi connectivity index (χ2n) is 4.43. The normalized spacial score (nSPS) is 25.3. The molecule has 0 amide bonds. The molecule has 1 aromatic carbocycles. The molecule has 2 rings (SSSR count). The Balaban J connectivity index is 1.91. The third-order valence-corrected chi connectivity index (χ3v) is 3.09. The number of nitrogens with two attached hydrogens (primary N) is 1. The average molecular weight is 208 g/mol. The van der Waals surface area contributed by atoms with Crippen molar-refractivity contribution >= 4 is 0 Å². The zero-order valence-corrected chi connectivity index (χ0v) is 8.99. The average Bonchev–Trinajstić information content (AvgIpc) is 2.13. The molecule has 82 valence electrons. The Morgan fingerprint density at radius 2 is 2.20 bits per heavy atom. The van der Waals surface area contributed by atoms with Gasteiger partial charge in [-0.05, 0) is 37.6 Å². The van der Waals surface area contributed by atoms with E-state index in [1.165, 1.54) is 6.07 Å². The van der Waals surface area contributed by atoms with Crippen molar-refractivity contribution in [3.05, 3.63) is 35.6 Å². The van der Waals surface area contributed by atoms with Gasteiger partial charge < -0.3 is 5.73 Å². The van der Waals surface area contributed by atoms with Crippen molar-refractivity contribution in [1.29, 1.82) is 0 Å². The third-order valence-electron chi connectivity index (χ3n) is 3.09. The van der Waals surface area contributed by atoms with Crippen LogP contribution in [0.4, 0.5) is 4.39 Å². The van der Waals surface area contributed by atoms with E-state index < -0.39 is 0 Å². The molecule has 1 aromatic rings. The fraction of sp³-hybridized carbons (Fsp3) is 0.500. The molecule has 0 radical (unpaired) electrons. The highest BCUT2D eigenvalue weighted by atomic mass is 19.1. The van der Waals surface area contributed by atoms with Crippen LogP contribution in [0, 0.1) is 5.82 Å². The van der Waals surface area contributed by atoms with Crippen LogP contribution < -0.4 is 5.73 Å². The second kappa shape index (κ2) is 4.29. The first-order valence-electron chi connectivity index (χ1n) is 5.35. The maximum absolute atomic E-state index is 12.9. The topological polar surface area (TPSA) is 29.3 Å². The highest BCUT2D eigenvalue weighted by Gasteiger charge is 2.28.